The van der Waals surface area contributed by atoms with Gasteiger partial charge in [-0.2, -0.15) is 0 Å². The number of benzene rings is 1. The van der Waals surface area contributed by atoms with Gasteiger partial charge < -0.3 is 5.11 Å². The quantitative estimate of drug-likeness (QED) is 0.870. The van der Waals surface area contributed by atoms with Gasteiger partial charge in [0.15, 0.2) is 0 Å². The topological polar surface area (TPSA) is 50.2 Å². The molecule has 0 aliphatic rings. The molecule has 0 aliphatic heterocycles. The number of aryl methyl sites for hydroxylation is 1. The zero-order valence-electron chi connectivity index (χ0n) is 8.70. The number of hydrogen-bond acceptors (Lipinski definition) is 2. The van der Waals surface area contributed by atoms with Crippen molar-refractivity contribution in [3.05, 3.63) is 40.5 Å². The van der Waals surface area contributed by atoms with E-state index < -0.39 is 5.97 Å². The molecule has 2 aromatic rings. The van der Waals surface area contributed by atoms with Gasteiger partial charge in [-0.25, -0.2) is 4.79 Å². The molecule has 0 fully saturated rings. The van der Waals surface area contributed by atoms with Gasteiger partial charge in [0.25, 0.3) is 0 Å². The molecule has 82 valence electrons. The van der Waals surface area contributed by atoms with E-state index in [0.717, 1.165) is 5.69 Å². The van der Waals surface area contributed by atoms with E-state index in [1.54, 1.807) is 24.3 Å². The largest absolute Gasteiger partial charge is 0.478 e. The monoisotopic (exact) mass is 235 g/mol. The predicted molar refractivity (Wildman–Crippen MR) is 63.1 cm³/mol. The molecule has 0 radical (unpaired) electrons. The Labute approximate surface area is 97.7 Å². The molecule has 0 saturated carbocycles. The summed E-state index contributed by atoms with van der Waals surface area (Å²) in [6.07, 6.45) is 0.707. The molecule has 0 bridgehead atoms. The fraction of sp³-hybridized carbons (Fsp3) is 0.167. The van der Waals surface area contributed by atoms with E-state index in [-0.39, 0.29) is 5.56 Å². The van der Waals surface area contributed by atoms with E-state index in [2.05, 4.69) is 4.98 Å². The molecule has 4 heteroatoms. The Balaban J connectivity index is 2.82. The molecule has 0 unspecified atom stereocenters. The minimum Gasteiger partial charge on any atom is -0.478 e. The molecule has 3 nitrogen and oxygen atoms in total. The molecule has 2 rings (SSSR count). The smallest absolute Gasteiger partial charge is 0.336 e. The number of pyridine rings is 1. The van der Waals surface area contributed by atoms with Crippen molar-refractivity contribution in [1.82, 2.24) is 4.98 Å². The van der Waals surface area contributed by atoms with Crippen LogP contribution >= 0.6 is 11.6 Å². The Hall–Kier alpha value is -1.61. The first-order valence-corrected chi connectivity index (χ1v) is 5.32. The van der Waals surface area contributed by atoms with Gasteiger partial charge in [0.05, 0.1) is 11.1 Å². The highest BCUT2D eigenvalue weighted by Crippen LogP contribution is 2.22. The molecular formula is C12H10ClNO2. The maximum atomic E-state index is 11.1. The second-order valence-electron chi connectivity index (χ2n) is 3.48. The maximum absolute atomic E-state index is 11.1. The van der Waals surface area contributed by atoms with Crippen molar-refractivity contribution in [3.8, 4) is 0 Å². The van der Waals surface area contributed by atoms with Gasteiger partial charge in [-0.1, -0.05) is 18.5 Å². The van der Waals surface area contributed by atoms with Crippen LogP contribution in [0.15, 0.2) is 24.3 Å². The third-order valence-corrected chi connectivity index (χ3v) is 2.65. The normalized spacial score (nSPS) is 10.6. The third-order valence-electron chi connectivity index (χ3n) is 2.42. The fourth-order valence-electron chi connectivity index (χ4n) is 1.61. The number of carboxylic acid groups (broad SMARTS) is 1. The highest BCUT2D eigenvalue weighted by atomic mass is 35.5. The summed E-state index contributed by atoms with van der Waals surface area (Å²) in [5, 5.41) is 10.2. The molecule has 16 heavy (non-hydrogen) atoms. The van der Waals surface area contributed by atoms with Gasteiger partial charge in [0, 0.05) is 16.1 Å². The predicted octanol–water partition coefficient (Wildman–Crippen LogP) is 3.15. The summed E-state index contributed by atoms with van der Waals surface area (Å²) >= 11 is 5.85. The van der Waals surface area contributed by atoms with Crippen molar-refractivity contribution >= 4 is 28.5 Å². The molecule has 1 heterocycles. The van der Waals surface area contributed by atoms with E-state index >= 15 is 0 Å². The van der Waals surface area contributed by atoms with Gasteiger partial charge in [0.1, 0.15) is 0 Å². The average Bonchev–Trinajstić information content (AvgIpc) is 2.27. The van der Waals surface area contributed by atoms with Crippen LogP contribution < -0.4 is 0 Å². The Morgan fingerprint density at radius 2 is 2.19 bits per heavy atom. The molecule has 1 N–H and O–H groups in total. The molecule has 0 amide bonds. The van der Waals surface area contributed by atoms with Crippen molar-refractivity contribution in [2.24, 2.45) is 0 Å². The van der Waals surface area contributed by atoms with Crippen LogP contribution in [0, 0.1) is 0 Å². The third kappa shape index (κ3) is 1.86. The van der Waals surface area contributed by atoms with Crippen LogP contribution in [0.25, 0.3) is 10.9 Å². The number of rotatable bonds is 2. The van der Waals surface area contributed by atoms with Crippen LogP contribution in [-0.4, -0.2) is 16.1 Å². The number of carboxylic acids is 1. The zero-order valence-corrected chi connectivity index (χ0v) is 9.45. The lowest BCUT2D eigenvalue weighted by molar-refractivity contribution is 0.0699. The number of halogens is 1. The molecule has 0 atom stereocenters. The number of nitrogens with zero attached hydrogens (tertiary/aromatic N) is 1. The average molecular weight is 236 g/mol. The minimum atomic E-state index is -0.954. The van der Waals surface area contributed by atoms with Crippen LogP contribution in [0.1, 0.15) is 23.0 Å². The lowest BCUT2D eigenvalue weighted by atomic mass is 10.1. The van der Waals surface area contributed by atoms with Crippen LogP contribution in [-0.2, 0) is 6.42 Å². The highest BCUT2D eigenvalue weighted by molar-refractivity contribution is 6.31. The van der Waals surface area contributed by atoms with E-state index in [4.69, 9.17) is 16.7 Å². The van der Waals surface area contributed by atoms with Crippen molar-refractivity contribution in [3.63, 3.8) is 0 Å². The SMILES string of the molecule is CCc1cc(C(=O)O)c2cc(Cl)ccc2n1. The van der Waals surface area contributed by atoms with Gasteiger partial charge in [-0.15, -0.1) is 0 Å². The van der Waals surface area contributed by atoms with E-state index in [0.29, 0.717) is 22.3 Å². The van der Waals surface area contributed by atoms with E-state index in [9.17, 15) is 4.79 Å². The molecule has 1 aromatic heterocycles. The van der Waals surface area contributed by atoms with Crippen molar-refractivity contribution < 1.29 is 9.90 Å². The summed E-state index contributed by atoms with van der Waals surface area (Å²) < 4.78 is 0. The minimum absolute atomic E-state index is 0.254. The molecule has 0 saturated heterocycles. The van der Waals surface area contributed by atoms with Crippen LogP contribution in [0.5, 0.6) is 0 Å². The van der Waals surface area contributed by atoms with Crippen LogP contribution in [0.3, 0.4) is 0 Å². The summed E-state index contributed by atoms with van der Waals surface area (Å²) in [6.45, 7) is 1.94. The Morgan fingerprint density at radius 1 is 1.44 bits per heavy atom. The summed E-state index contributed by atoms with van der Waals surface area (Å²) in [4.78, 5) is 15.5. The van der Waals surface area contributed by atoms with E-state index in [1.165, 1.54) is 0 Å². The first kappa shape index (κ1) is 10.9. The summed E-state index contributed by atoms with van der Waals surface area (Å²) in [6, 6.07) is 6.68. The summed E-state index contributed by atoms with van der Waals surface area (Å²) in [5.41, 5.74) is 1.69. The first-order valence-electron chi connectivity index (χ1n) is 4.94. The molecule has 0 aliphatic carbocycles. The molecule has 0 spiro atoms. The Bertz CT molecular complexity index is 566. The van der Waals surface area contributed by atoms with Crippen molar-refractivity contribution in [2.75, 3.05) is 0 Å². The van der Waals surface area contributed by atoms with Crippen molar-refractivity contribution in [2.45, 2.75) is 13.3 Å². The van der Waals surface area contributed by atoms with Gasteiger partial charge >= 0.3 is 5.97 Å². The summed E-state index contributed by atoms with van der Waals surface area (Å²) in [7, 11) is 0. The van der Waals surface area contributed by atoms with Crippen LogP contribution in [0.2, 0.25) is 5.02 Å². The summed E-state index contributed by atoms with van der Waals surface area (Å²) in [5.74, 6) is -0.954. The van der Waals surface area contributed by atoms with Gasteiger partial charge in [0.2, 0.25) is 0 Å². The number of aromatic nitrogens is 1. The van der Waals surface area contributed by atoms with Gasteiger partial charge in [-0.3, -0.25) is 4.98 Å². The van der Waals surface area contributed by atoms with Crippen LogP contribution in [0.4, 0.5) is 0 Å². The van der Waals surface area contributed by atoms with E-state index in [1.807, 2.05) is 6.92 Å². The molecular weight excluding hydrogens is 226 g/mol. The highest BCUT2D eigenvalue weighted by Gasteiger charge is 2.11. The zero-order chi connectivity index (χ0) is 11.7. The van der Waals surface area contributed by atoms with Crippen molar-refractivity contribution in [1.29, 1.82) is 0 Å². The van der Waals surface area contributed by atoms with Gasteiger partial charge in [-0.05, 0) is 30.7 Å². The second-order valence-corrected chi connectivity index (χ2v) is 3.92. The Kier molecular flexibility index (Phi) is 2.79. The number of aromatic carboxylic acids is 1. The standard InChI is InChI=1S/C12H10ClNO2/c1-2-8-6-10(12(15)16)9-5-7(13)3-4-11(9)14-8/h3-6H,2H2,1H3,(H,15,16). The number of hydrogen-bond donors (Lipinski definition) is 1. The maximum Gasteiger partial charge on any atom is 0.336 e. The lowest BCUT2D eigenvalue weighted by Crippen LogP contribution is -2.01. The lowest BCUT2D eigenvalue weighted by Gasteiger charge is -2.05. The first-order chi connectivity index (χ1) is 7.61. The molecule has 1 aromatic carbocycles. The second kappa shape index (κ2) is 4.10. The number of carbonyl (C=O) groups is 1. The number of fused-ring (bicyclic) bond motifs is 1. The fourth-order valence-corrected chi connectivity index (χ4v) is 1.78. The Morgan fingerprint density at radius 3 is 2.81 bits per heavy atom.